The summed E-state index contributed by atoms with van der Waals surface area (Å²) in [6.45, 7) is 2.72. The predicted molar refractivity (Wildman–Crippen MR) is 119 cm³/mol. The SMILES string of the molecule is COc1ccc(C(=O)N(Cc2ccc(F)cc2)C2CC2)cc1S(=O)(=O)N1CCCC[C@H]1C. The Hall–Kier alpha value is -2.45. The summed E-state index contributed by atoms with van der Waals surface area (Å²) in [6.07, 6.45) is 4.44. The van der Waals surface area contributed by atoms with E-state index in [1.165, 1.54) is 29.6 Å². The van der Waals surface area contributed by atoms with E-state index in [9.17, 15) is 17.6 Å². The summed E-state index contributed by atoms with van der Waals surface area (Å²) in [7, 11) is -2.38. The number of ether oxygens (including phenoxy) is 1. The van der Waals surface area contributed by atoms with Crippen molar-refractivity contribution in [2.45, 2.75) is 62.6 Å². The Balaban J connectivity index is 1.66. The van der Waals surface area contributed by atoms with Gasteiger partial charge in [0.1, 0.15) is 16.5 Å². The smallest absolute Gasteiger partial charge is 0.254 e. The lowest BCUT2D eigenvalue weighted by atomic mass is 10.1. The number of amides is 1. The van der Waals surface area contributed by atoms with E-state index in [2.05, 4.69) is 0 Å². The molecule has 2 fully saturated rings. The van der Waals surface area contributed by atoms with Gasteiger partial charge in [0.05, 0.1) is 7.11 Å². The Morgan fingerprint density at radius 1 is 1.12 bits per heavy atom. The molecule has 1 atom stereocenters. The molecule has 0 aromatic heterocycles. The van der Waals surface area contributed by atoms with E-state index in [0.717, 1.165) is 37.7 Å². The second kappa shape index (κ2) is 9.19. The predicted octanol–water partition coefficient (Wildman–Crippen LogP) is 4.20. The third kappa shape index (κ3) is 4.66. The zero-order valence-electron chi connectivity index (χ0n) is 18.5. The van der Waals surface area contributed by atoms with Crippen LogP contribution in [0, 0.1) is 5.82 Å². The topological polar surface area (TPSA) is 66.9 Å². The van der Waals surface area contributed by atoms with Crippen LogP contribution in [0.2, 0.25) is 0 Å². The van der Waals surface area contributed by atoms with Crippen molar-refractivity contribution in [3.8, 4) is 5.75 Å². The average Bonchev–Trinajstić information content (AvgIpc) is 3.63. The first-order valence-corrected chi connectivity index (χ1v) is 12.5. The molecule has 2 aromatic carbocycles. The molecule has 1 amide bonds. The highest BCUT2D eigenvalue weighted by atomic mass is 32.2. The molecule has 0 spiro atoms. The van der Waals surface area contributed by atoms with Crippen LogP contribution >= 0.6 is 0 Å². The van der Waals surface area contributed by atoms with Crippen LogP contribution in [-0.4, -0.2) is 49.3 Å². The number of benzene rings is 2. The molecule has 1 saturated carbocycles. The number of carbonyl (C=O) groups is 1. The quantitative estimate of drug-likeness (QED) is 0.621. The summed E-state index contributed by atoms with van der Waals surface area (Å²) in [6, 6.07) is 10.7. The monoisotopic (exact) mass is 460 g/mol. The van der Waals surface area contributed by atoms with Gasteiger partial charge >= 0.3 is 0 Å². The van der Waals surface area contributed by atoms with E-state index < -0.39 is 10.0 Å². The van der Waals surface area contributed by atoms with E-state index in [1.807, 2.05) is 6.92 Å². The maximum absolute atomic E-state index is 13.5. The lowest BCUT2D eigenvalue weighted by Gasteiger charge is -2.32. The molecule has 32 heavy (non-hydrogen) atoms. The minimum absolute atomic E-state index is 0.0251. The molecule has 2 aliphatic rings. The van der Waals surface area contributed by atoms with Crippen LogP contribution in [0.15, 0.2) is 47.4 Å². The van der Waals surface area contributed by atoms with Gasteiger partial charge in [0, 0.05) is 30.7 Å². The maximum atomic E-state index is 13.5. The van der Waals surface area contributed by atoms with Crippen LogP contribution in [0.25, 0.3) is 0 Å². The highest BCUT2D eigenvalue weighted by molar-refractivity contribution is 7.89. The van der Waals surface area contributed by atoms with Crippen molar-refractivity contribution in [3.63, 3.8) is 0 Å². The van der Waals surface area contributed by atoms with E-state index in [4.69, 9.17) is 4.74 Å². The molecule has 1 saturated heterocycles. The number of hydrogen-bond donors (Lipinski definition) is 0. The van der Waals surface area contributed by atoms with Gasteiger partial charge in [-0.3, -0.25) is 4.79 Å². The van der Waals surface area contributed by atoms with Crippen molar-refractivity contribution in [2.75, 3.05) is 13.7 Å². The molecule has 1 aliphatic carbocycles. The van der Waals surface area contributed by atoms with E-state index in [-0.39, 0.29) is 34.5 Å². The Morgan fingerprint density at radius 2 is 1.84 bits per heavy atom. The molecule has 0 unspecified atom stereocenters. The van der Waals surface area contributed by atoms with E-state index >= 15 is 0 Å². The fourth-order valence-corrected chi connectivity index (χ4v) is 6.15. The van der Waals surface area contributed by atoms with Crippen molar-refractivity contribution >= 4 is 15.9 Å². The van der Waals surface area contributed by atoms with Gasteiger partial charge in [-0.05, 0) is 68.5 Å². The number of methoxy groups -OCH3 is 1. The summed E-state index contributed by atoms with van der Waals surface area (Å²) < 4.78 is 47.1. The number of sulfonamides is 1. The second-order valence-corrected chi connectivity index (χ2v) is 10.5. The molecule has 0 bridgehead atoms. The lowest BCUT2D eigenvalue weighted by molar-refractivity contribution is 0.0729. The molecule has 172 valence electrons. The Bertz CT molecular complexity index is 1080. The third-order valence-corrected chi connectivity index (χ3v) is 8.29. The summed E-state index contributed by atoms with van der Waals surface area (Å²) in [5, 5.41) is 0. The van der Waals surface area contributed by atoms with Gasteiger partial charge in [0.15, 0.2) is 0 Å². The number of nitrogens with zero attached hydrogens (tertiary/aromatic N) is 2. The standard InChI is InChI=1S/C24H29FN2O4S/c1-17-5-3-4-14-27(17)32(29,30)23-15-19(8-13-22(23)31-2)24(28)26(21-11-12-21)16-18-6-9-20(25)10-7-18/h6-10,13,15,17,21H,3-5,11-12,14,16H2,1-2H3/t17-/m1/s1. The highest BCUT2D eigenvalue weighted by Gasteiger charge is 2.36. The zero-order valence-corrected chi connectivity index (χ0v) is 19.3. The Kier molecular flexibility index (Phi) is 6.53. The molecule has 1 heterocycles. The summed E-state index contributed by atoms with van der Waals surface area (Å²) in [5.74, 6) is -0.326. The zero-order chi connectivity index (χ0) is 22.9. The van der Waals surface area contributed by atoms with Gasteiger partial charge in [0.2, 0.25) is 10.0 Å². The molecule has 6 nitrogen and oxygen atoms in total. The third-order valence-electron chi connectivity index (χ3n) is 6.25. The Labute approximate surface area is 189 Å². The first-order valence-electron chi connectivity index (χ1n) is 11.1. The van der Waals surface area contributed by atoms with Crippen LogP contribution in [0.4, 0.5) is 4.39 Å². The van der Waals surface area contributed by atoms with Crippen LogP contribution in [0.5, 0.6) is 5.75 Å². The normalized spacial score (nSPS) is 19.5. The van der Waals surface area contributed by atoms with Crippen LogP contribution in [0.1, 0.15) is 54.9 Å². The van der Waals surface area contributed by atoms with Crippen molar-refractivity contribution in [2.24, 2.45) is 0 Å². The summed E-state index contributed by atoms with van der Waals surface area (Å²) in [5.41, 5.74) is 1.14. The lowest BCUT2D eigenvalue weighted by Crippen LogP contribution is -2.42. The summed E-state index contributed by atoms with van der Waals surface area (Å²) in [4.78, 5) is 15.2. The minimum atomic E-state index is -3.81. The number of piperidine rings is 1. The average molecular weight is 461 g/mol. The molecular weight excluding hydrogens is 431 g/mol. The largest absolute Gasteiger partial charge is 0.495 e. The summed E-state index contributed by atoms with van der Waals surface area (Å²) >= 11 is 0. The number of halogens is 1. The molecule has 4 rings (SSSR count). The van der Waals surface area contributed by atoms with E-state index in [1.54, 1.807) is 29.2 Å². The first-order chi connectivity index (χ1) is 15.3. The van der Waals surface area contributed by atoms with Gasteiger partial charge in [-0.2, -0.15) is 4.31 Å². The van der Waals surface area contributed by atoms with Crippen molar-refractivity contribution < 1.29 is 22.3 Å². The van der Waals surface area contributed by atoms with Gasteiger partial charge < -0.3 is 9.64 Å². The second-order valence-electron chi connectivity index (χ2n) is 8.62. The minimum Gasteiger partial charge on any atom is -0.495 e. The van der Waals surface area contributed by atoms with Crippen molar-refractivity contribution in [3.05, 3.63) is 59.4 Å². The molecule has 0 N–H and O–H groups in total. The van der Waals surface area contributed by atoms with Gasteiger partial charge in [-0.15, -0.1) is 0 Å². The maximum Gasteiger partial charge on any atom is 0.254 e. The molecule has 2 aromatic rings. The first kappa shape index (κ1) is 22.7. The number of rotatable bonds is 7. The van der Waals surface area contributed by atoms with Crippen LogP contribution in [0.3, 0.4) is 0 Å². The van der Waals surface area contributed by atoms with Crippen LogP contribution < -0.4 is 4.74 Å². The molecule has 1 aliphatic heterocycles. The van der Waals surface area contributed by atoms with Crippen molar-refractivity contribution in [1.29, 1.82) is 0 Å². The van der Waals surface area contributed by atoms with Crippen LogP contribution in [-0.2, 0) is 16.6 Å². The number of carbonyl (C=O) groups excluding carboxylic acids is 1. The number of hydrogen-bond acceptors (Lipinski definition) is 4. The fraction of sp³-hybridized carbons (Fsp3) is 0.458. The Morgan fingerprint density at radius 3 is 2.47 bits per heavy atom. The van der Waals surface area contributed by atoms with Crippen molar-refractivity contribution in [1.82, 2.24) is 9.21 Å². The molecular formula is C24H29FN2O4S. The molecule has 0 radical (unpaired) electrons. The fourth-order valence-electron chi connectivity index (χ4n) is 4.27. The van der Waals surface area contributed by atoms with Gasteiger partial charge in [-0.25, -0.2) is 12.8 Å². The van der Waals surface area contributed by atoms with Gasteiger partial charge in [0.25, 0.3) is 5.91 Å². The van der Waals surface area contributed by atoms with Gasteiger partial charge in [-0.1, -0.05) is 18.6 Å². The highest BCUT2D eigenvalue weighted by Crippen LogP contribution is 2.34. The molecule has 8 heteroatoms. The van der Waals surface area contributed by atoms with E-state index in [0.29, 0.717) is 18.7 Å².